The van der Waals surface area contributed by atoms with Gasteiger partial charge in [0.2, 0.25) is 11.8 Å². The highest BCUT2D eigenvalue weighted by Crippen LogP contribution is 2.35. The van der Waals surface area contributed by atoms with E-state index in [-0.39, 0.29) is 17.2 Å². The van der Waals surface area contributed by atoms with Gasteiger partial charge in [0.05, 0.1) is 20.1 Å². The number of anilines is 3. The quantitative estimate of drug-likeness (QED) is 0.624. The van der Waals surface area contributed by atoms with Gasteiger partial charge in [0.1, 0.15) is 5.69 Å². The zero-order chi connectivity index (χ0) is 15.6. The Morgan fingerprint density at radius 3 is 2.71 bits per heavy atom. The molecule has 0 fully saturated rings. The van der Waals surface area contributed by atoms with Crippen LogP contribution in [-0.2, 0) is 0 Å². The van der Waals surface area contributed by atoms with Crippen molar-refractivity contribution in [1.82, 2.24) is 9.97 Å². The number of nitro groups is 1. The predicted octanol–water partition coefficient (Wildman–Crippen LogP) is 3.89. The Morgan fingerprint density at radius 2 is 2.10 bits per heavy atom. The second-order valence-corrected chi connectivity index (χ2v) is 5.26. The highest BCUT2D eigenvalue weighted by atomic mass is 79.9. The van der Waals surface area contributed by atoms with Crippen molar-refractivity contribution >= 4 is 50.7 Å². The molecule has 110 valence electrons. The van der Waals surface area contributed by atoms with E-state index in [0.29, 0.717) is 21.1 Å². The Hall–Kier alpha value is -1.93. The maximum atomic E-state index is 11.2. The average molecular weight is 373 g/mol. The van der Waals surface area contributed by atoms with Crippen LogP contribution in [0.5, 0.6) is 0 Å². The summed E-state index contributed by atoms with van der Waals surface area (Å²) in [6.07, 6.45) is 0. The SMILES string of the molecule is CNc1nc(C)c([N+](=O)[O-])c(Nc2cccc(Cl)c2Br)n1. The molecule has 1 heterocycles. The second kappa shape index (κ2) is 6.23. The minimum Gasteiger partial charge on any atom is -0.357 e. The fourth-order valence-electron chi connectivity index (χ4n) is 1.71. The lowest BCUT2D eigenvalue weighted by molar-refractivity contribution is -0.385. The number of hydrogen-bond donors (Lipinski definition) is 2. The van der Waals surface area contributed by atoms with Gasteiger partial charge in [0, 0.05) is 7.05 Å². The first-order chi connectivity index (χ1) is 9.93. The number of halogens is 2. The van der Waals surface area contributed by atoms with Crippen LogP contribution in [0.2, 0.25) is 5.02 Å². The summed E-state index contributed by atoms with van der Waals surface area (Å²) in [6, 6.07) is 5.17. The highest BCUT2D eigenvalue weighted by molar-refractivity contribution is 9.10. The second-order valence-electron chi connectivity index (χ2n) is 4.06. The van der Waals surface area contributed by atoms with Crippen LogP contribution in [0.4, 0.5) is 23.1 Å². The summed E-state index contributed by atoms with van der Waals surface area (Å²) >= 11 is 9.34. The molecule has 0 radical (unpaired) electrons. The molecule has 0 atom stereocenters. The van der Waals surface area contributed by atoms with Crippen LogP contribution in [0.3, 0.4) is 0 Å². The Bertz CT molecular complexity index is 710. The van der Waals surface area contributed by atoms with Gasteiger partial charge in [-0.25, -0.2) is 4.98 Å². The molecule has 21 heavy (non-hydrogen) atoms. The third-order valence-corrected chi connectivity index (χ3v) is 4.07. The molecule has 0 unspecified atom stereocenters. The van der Waals surface area contributed by atoms with Crippen molar-refractivity contribution in [1.29, 1.82) is 0 Å². The van der Waals surface area contributed by atoms with Gasteiger partial charge >= 0.3 is 5.69 Å². The predicted molar refractivity (Wildman–Crippen MR) is 85.4 cm³/mol. The van der Waals surface area contributed by atoms with Crippen LogP contribution < -0.4 is 10.6 Å². The van der Waals surface area contributed by atoms with E-state index in [1.807, 2.05) is 0 Å². The third kappa shape index (κ3) is 3.22. The van der Waals surface area contributed by atoms with Crippen molar-refractivity contribution in [3.63, 3.8) is 0 Å². The lowest BCUT2D eigenvalue weighted by Gasteiger charge is -2.11. The number of nitrogens with one attached hydrogen (secondary N) is 2. The van der Waals surface area contributed by atoms with E-state index in [9.17, 15) is 10.1 Å². The van der Waals surface area contributed by atoms with Crippen molar-refractivity contribution in [3.05, 3.63) is 43.5 Å². The molecule has 2 rings (SSSR count). The van der Waals surface area contributed by atoms with Crippen molar-refractivity contribution < 1.29 is 4.92 Å². The summed E-state index contributed by atoms with van der Waals surface area (Å²) in [7, 11) is 1.64. The standard InChI is InChI=1S/C12H11BrClN5O2/c1-6-10(19(20)21)11(18-12(15-2)16-6)17-8-5-3-4-7(14)9(8)13/h3-5H,1-2H3,(H2,15,16,17,18). The number of rotatable bonds is 4. The maximum Gasteiger partial charge on any atom is 0.332 e. The first-order valence-corrected chi connectivity index (χ1v) is 7.03. The molecule has 7 nitrogen and oxygen atoms in total. The minimum absolute atomic E-state index is 0.0971. The summed E-state index contributed by atoms with van der Waals surface area (Å²) in [5.74, 6) is 0.388. The average Bonchev–Trinajstić information content (AvgIpc) is 2.42. The molecule has 1 aromatic carbocycles. The molecule has 2 N–H and O–H groups in total. The Kier molecular flexibility index (Phi) is 4.59. The number of hydrogen-bond acceptors (Lipinski definition) is 6. The summed E-state index contributed by atoms with van der Waals surface area (Å²) in [5, 5.41) is 17.4. The minimum atomic E-state index is -0.518. The van der Waals surface area contributed by atoms with E-state index in [1.165, 1.54) is 0 Å². The van der Waals surface area contributed by atoms with E-state index in [4.69, 9.17) is 11.6 Å². The fourth-order valence-corrected chi connectivity index (χ4v) is 2.25. The molecule has 0 amide bonds. The van der Waals surface area contributed by atoms with Gasteiger partial charge in [-0.1, -0.05) is 17.7 Å². The lowest BCUT2D eigenvalue weighted by atomic mass is 10.3. The van der Waals surface area contributed by atoms with Crippen molar-refractivity contribution in [2.45, 2.75) is 6.92 Å². The van der Waals surface area contributed by atoms with Crippen molar-refractivity contribution in [3.8, 4) is 0 Å². The molecule has 0 aliphatic heterocycles. The van der Waals surface area contributed by atoms with Crippen LogP contribution in [0.1, 0.15) is 5.69 Å². The van der Waals surface area contributed by atoms with Crippen LogP contribution in [0, 0.1) is 17.0 Å². The van der Waals surface area contributed by atoms with Crippen LogP contribution in [0.25, 0.3) is 0 Å². The first kappa shape index (κ1) is 15.5. The largest absolute Gasteiger partial charge is 0.357 e. The summed E-state index contributed by atoms with van der Waals surface area (Å²) < 4.78 is 0.600. The Balaban J connectivity index is 2.54. The monoisotopic (exact) mass is 371 g/mol. The third-order valence-electron chi connectivity index (χ3n) is 2.67. The van der Waals surface area contributed by atoms with E-state index < -0.39 is 4.92 Å². The summed E-state index contributed by atoms with van der Waals surface area (Å²) in [6.45, 7) is 1.55. The van der Waals surface area contributed by atoms with Gasteiger partial charge in [-0.3, -0.25) is 10.1 Å². The summed E-state index contributed by atoms with van der Waals surface area (Å²) in [4.78, 5) is 18.8. The topological polar surface area (TPSA) is 93.0 Å². The molecule has 9 heteroatoms. The molecular formula is C12H11BrClN5O2. The Morgan fingerprint density at radius 1 is 1.38 bits per heavy atom. The van der Waals surface area contributed by atoms with E-state index >= 15 is 0 Å². The number of aryl methyl sites for hydroxylation is 1. The van der Waals surface area contributed by atoms with Crippen LogP contribution in [-0.4, -0.2) is 21.9 Å². The first-order valence-electron chi connectivity index (χ1n) is 5.86. The van der Waals surface area contributed by atoms with Gasteiger partial charge in [-0.15, -0.1) is 0 Å². The fraction of sp³-hybridized carbons (Fsp3) is 0.167. The van der Waals surface area contributed by atoms with E-state index in [1.54, 1.807) is 32.2 Å². The van der Waals surface area contributed by atoms with Gasteiger partial charge in [-0.05, 0) is 35.0 Å². The van der Waals surface area contributed by atoms with E-state index in [0.717, 1.165) is 0 Å². The summed E-state index contributed by atoms with van der Waals surface area (Å²) in [5.41, 5.74) is 0.659. The molecule has 1 aromatic heterocycles. The zero-order valence-corrected chi connectivity index (χ0v) is 13.5. The molecule has 2 aromatic rings. The van der Waals surface area contributed by atoms with Crippen molar-refractivity contribution in [2.75, 3.05) is 17.7 Å². The van der Waals surface area contributed by atoms with Crippen LogP contribution in [0.15, 0.2) is 22.7 Å². The molecule has 0 aliphatic carbocycles. The number of aromatic nitrogens is 2. The molecule has 0 aliphatic rings. The molecular weight excluding hydrogens is 362 g/mol. The molecule has 0 saturated carbocycles. The van der Waals surface area contributed by atoms with E-state index in [2.05, 4.69) is 36.5 Å². The number of nitrogens with zero attached hydrogens (tertiary/aromatic N) is 3. The zero-order valence-electron chi connectivity index (χ0n) is 11.1. The Labute approximate surface area is 134 Å². The van der Waals surface area contributed by atoms with Gasteiger partial charge in [0.15, 0.2) is 0 Å². The molecule has 0 spiro atoms. The van der Waals surface area contributed by atoms with Gasteiger partial charge in [-0.2, -0.15) is 4.98 Å². The smallest absolute Gasteiger partial charge is 0.332 e. The lowest BCUT2D eigenvalue weighted by Crippen LogP contribution is -2.07. The number of benzene rings is 1. The normalized spacial score (nSPS) is 10.3. The highest BCUT2D eigenvalue weighted by Gasteiger charge is 2.22. The maximum absolute atomic E-state index is 11.2. The van der Waals surface area contributed by atoms with Crippen molar-refractivity contribution in [2.24, 2.45) is 0 Å². The molecule has 0 saturated heterocycles. The molecule has 0 bridgehead atoms. The van der Waals surface area contributed by atoms with Gasteiger partial charge < -0.3 is 10.6 Å². The van der Waals surface area contributed by atoms with Gasteiger partial charge in [0.25, 0.3) is 0 Å². The van der Waals surface area contributed by atoms with Crippen LogP contribution >= 0.6 is 27.5 Å².